The summed E-state index contributed by atoms with van der Waals surface area (Å²) in [5.74, 6) is -0.669. The highest BCUT2D eigenvalue weighted by Crippen LogP contribution is 2.17. The molecule has 3 heterocycles. The fourth-order valence-corrected chi connectivity index (χ4v) is 3.85. The average molecular weight is 444 g/mol. The number of likely N-dealkylation sites (tertiary alicyclic amines) is 1. The first-order valence-corrected chi connectivity index (χ1v) is 10.8. The van der Waals surface area contributed by atoms with Gasteiger partial charge in [-0.1, -0.05) is 12.6 Å². The van der Waals surface area contributed by atoms with Crippen LogP contribution in [0.5, 0.6) is 0 Å². The Kier molecular flexibility index (Phi) is 6.73. The van der Waals surface area contributed by atoms with E-state index in [4.69, 9.17) is 0 Å². The summed E-state index contributed by atoms with van der Waals surface area (Å²) in [7, 11) is 0. The van der Waals surface area contributed by atoms with Crippen LogP contribution in [0.4, 0.5) is 5.69 Å². The molecule has 2 aliphatic heterocycles. The maximum atomic E-state index is 12.6. The summed E-state index contributed by atoms with van der Waals surface area (Å²) < 4.78 is 0. The van der Waals surface area contributed by atoms with E-state index in [9.17, 15) is 14.4 Å². The number of hydrogen-bond acceptors (Lipinski definition) is 5. The Morgan fingerprint density at radius 1 is 1.09 bits per heavy atom. The zero-order valence-corrected chi connectivity index (χ0v) is 18.2. The Morgan fingerprint density at radius 3 is 2.64 bits per heavy atom. The summed E-state index contributed by atoms with van der Waals surface area (Å²) in [5, 5.41) is 5.79. The number of pyridine rings is 1. The number of carbonyl (C=O) groups is 3. The lowest BCUT2D eigenvalue weighted by Gasteiger charge is -2.32. The Labute approximate surface area is 192 Å². The topological polar surface area (TPSA) is 104 Å². The van der Waals surface area contributed by atoms with Gasteiger partial charge in [-0.15, -0.1) is 0 Å². The molecule has 2 aliphatic rings. The van der Waals surface area contributed by atoms with Gasteiger partial charge in [-0.25, -0.2) is 4.98 Å². The molecule has 2 aromatic rings. The minimum atomic E-state index is -0.331. The van der Waals surface area contributed by atoms with Crippen LogP contribution in [0, 0.1) is 0 Å². The molecule has 1 aromatic heterocycles. The van der Waals surface area contributed by atoms with Crippen molar-refractivity contribution in [2.45, 2.75) is 18.9 Å². The minimum absolute atomic E-state index is 0.103. The minimum Gasteiger partial charge on any atom is -0.348 e. The predicted octanol–water partition coefficient (Wildman–Crippen LogP) is 2.71. The third kappa shape index (κ3) is 5.41. The molecule has 168 valence electrons. The number of hydrogen-bond donors (Lipinski definition) is 2. The zero-order valence-electron chi connectivity index (χ0n) is 18.2. The number of nitrogens with zero attached hydrogens (tertiary/aromatic N) is 3. The van der Waals surface area contributed by atoms with Crippen molar-refractivity contribution in [3.8, 4) is 0 Å². The van der Waals surface area contributed by atoms with Crippen LogP contribution in [0.1, 0.15) is 39.4 Å². The van der Waals surface area contributed by atoms with Gasteiger partial charge in [0.1, 0.15) is 5.69 Å². The zero-order chi connectivity index (χ0) is 23.2. The van der Waals surface area contributed by atoms with Crippen LogP contribution >= 0.6 is 0 Å². The SMILES string of the molecule is C=CC(=O)N1CCCC(NC(=O)c2ccc(NC(=O)c3cccc(C4=CC=NC4)n3)cc2)C1. The highest BCUT2D eigenvalue weighted by Gasteiger charge is 2.23. The first-order valence-electron chi connectivity index (χ1n) is 10.8. The molecule has 0 spiro atoms. The van der Waals surface area contributed by atoms with Crippen molar-refractivity contribution < 1.29 is 14.4 Å². The molecule has 0 aliphatic carbocycles. The van der Waals surface area contributed by atoms with Crippen LogP contribution in [-0.2, 0) is 4.79 Å². The predicted molar refractivity (Wildman–Crippen MR) is 127 cm³/mol. The summed E-state index contributed by atoms with van der Waals surface area (Å²) in [6.45, 7) is 5.23. The largest absolute Gasteiger partial charge is 0.348 e. The highest BCUT2D eigenvalue weighted by molar-refractivity contribution is 6.03. The Morgan fingerprint density at radius 2 is 1.91 bits per heavy atom. The number of carbonyl (C=O) groups excluding carboxylic acids is 3. The van der Waals surface area contributed by atoms with E-state index >= 15 is 0 Å². The lowest BCUT2D eigenvalue weighted by Crippen LogP contribution is -2.49. The lowest BCUT2D eigenvalue weighted by molar-refractivity contribution is -0.127. The molecule has 1 aromatic carbocycles. The Balaban J connectivity index is 1.35. The van der Waals surface area contributed by atoms with Crippen LogP contribution in [0.3, 0.4) is 0 Å². The normalized spacial score (nSPS) is 17.3. The van der Waals surface area contributed by atoms with Crippen LogP contribution in [-0.4, -0.2) is 59.5 Å². The van der Waals surface area contributed by atoms with Crippen LogP contribution in [0.15, 0.2) is 66.2 Å². The molecule has 2 N–H and O–H groups in total. The average Bonchev–Trinajstić information content (AvgIpc) is 3.39. The summed E-state index contributed by atoms with van der Waals surface area (Å²) in [6, 6.07) is 11.9. The number of amides is 3. The summed E-state index contributed by atoms with van der Waals surface area (Å²) in [6.07, 6.45) is 6.55. The van der Waals surface area contributed by atoms with Gasteiger partial charge >= 0.3 is 0 Å². The first kappa shape index (κ1) is 22.1. The molecule has 1 atom stereocenters. The molecule has 0 saturated carbocycles. The van der Waals surface area contributed by atoms with Gasteiger partial charge in [-0.2, -0.15) is 0 Å². The van der Waals surface area contributed by atoms with E-state index in [1.165, 1.54) is 6.08 Å². The van der Waals surface area contributed by atoms with Crippen LogP contribution in [0.25, 0.3) is 5.57 Å². The van der Waals surface area contributed by atoms with Crippen molar-refractivity contribution >= 4 is 35.2 Å². The van der Waals surface area contributed by atoms with Gasteiger partial charge in [0.2, 0.25) is 5.91 Å². The highest BCUT2D eigenvalue weighted by atomic mass is 16.2. The fourth-order valence-electron chi connectivity index (χ4n) is 3.85. The first-order chi connectivity index (χ1) is 16.0. The number of allylic oxidation sites excluding steroid dienone is 1. The number of aromatic nitrogens is 1. The monoisotopic (exact) mass is 443 g/mol. The number of aliphatic imine (C=N–C) groups is 1. The van der Waals surface area contributed by atoms with Crippen molar-refractivity contribution in [2.75, 3.05) is 25.0 Å². The van der Waals surface area contributed by atoms with Gasteiger partial charge in [-0.3, -0.25) is 19.4 Å². The van der Waals surface area contributed by atoms with Crippen molar-refractivity contribution in [3.05, 3.63) is 78.1 Å². The van der Waals surface area contributed by atoms with Crippen molar-refractivity contribution in [3.63, 3.8) is 0 Å². The van der Waals surface area contributed by atoms with Gasteiger partial charge < -0.3 is 15.5 Å². The van der Waals surface area contributed by atoms with Gasteiger partial charge in [0.15, 0.2) is 0 Å². The maximum absolute atomic E-state index is 12.6. The number of rotatable bonds is 6. The van der Waals surface area contributed by atoms with Gasteiger partial charge in [-0.05, 0) is 61.4 Å². The van der Waals surface area contributed by atoms with Crippen molar-refractivity contribution in [1.82, 2.24) is 15.2 Å². The molecule has 1 saturated heterocycles. The van der Waals surface area contributed by atoms with E-state index in [-0.39, 0.29) is 23.8 Å². The number of anilines is 1. The summed E-state index contributed by atoms with van der Waals surface area (Å²) in [5.41, 5.74) is 3.04. The van der Waals surface area contributed by atoms with Crippen molar-refractivity contribution in [2.24, 2.45) is 4.99 Å². The Hall–Kier alpha value is -4.07. The number of piperidine rings is 1. The molecule has 3 amide bonds. The van der Waals surface area contributed by atoms with Gasteiger partial charge in [0.05, 0.1) is 12.2 Å². The second-order valence-corrected chi connectivity index (χ2v) is 7.92. The molecular weight excluding hydrogens is 418 g/mol. The molecule has 1 unspecified atom stereocenters. The number of benzene rings is 1. The van der Waals surface area contributed by atoms with E-state index in [2.05, 4.69) is 27.2 Å². The van der Waals surface area contributed by atoms with E-state index < -0.39 is 0 Å². The molecule has 0 bridgehead atoms. The van der Waals surface area contributed by atoms with E-state index in [1.807, 2.05) is 12.1 Å². The molecule has 8 heteroatoms. The molecule has 4 rings (SSSR count). The molecule has 1 fully saturated rings. The summed E-state index contributed by atoms with van der Waals surface area (Å²) in [4.78, 5) is 47.4. The smallest absolute Gasteiger partial charge is 0.274 e. The molecular formula is C25H25N5O3. The van der Waals surface area contributed by atoms with E-state index in [0.717, 1.165) is 24.1 Å². The number of nitrogens with one attached hydrogen (secondary N) is 2. The second kappa shape index (κ2) is 10.0. The van der Waals surface area contributed by atoms with Crippen LogP contribution < -0.4 is 10.6 Å². The van der Waals surface area contributed by atoms with Crippen LogP contribution in [0.2, 0.25) is 0 Å². The van der Waals surface area contributed by atoms with E-state index in [1.54, 1.807) is 47.5 Å². The third-order valence-electron chi connectivity index (χ3n) is 5.60. The standard InChI is InChI=1S/C25H25N5O3/c1-2-23(31)30-14-4-5-20(16-30)28-24(32)17-8-10-19(11-9-17)27-25(33)22-7-3-6-21(29-22)18-12-13-26-15-18/h2-3,6-13,20H,1,4-5,14-16H2,(H,27,33)(H,28,32). The quantitative estimate of drug-likeness (QED) is 0.670. The summed E-state index contributed by atoms with van der Waals surface area (Å²) >= 11 is 0. The fraction of sp³-hybridized carbons (Fsp3) is 0.240. The second-order valence-electron chi connectivity index (χ2n) is 7.92. The molecule has 8 nitrogen and oxygen atoms in total. The van der Waals surface area contributed by atoms with E-state index in [0.29, 0.717) is 36.6 Å². The maximum Gasteiger partial charge on any atom is 0.274 e. The van der Waals surface area contributed by atoms with Crippen molar-refractivity contribution in [1.29, 1.82) is 0 Å². The Bertz CT molecular complexity index is 1140. The van der Waals surface area contributed by atoms with Gasteiger partial charge in [0.25, 0.3) is 11.8 Å². The molecule has 33 heavy (non-hydrogen) atoms. The third-order valence-corrected chi connectivity index (χ3v) is 5.60. The lowest BCUT2D eigenvalue weighted by atomic mass is 10.0. The molecule has 0 radical (unpaired) electrons. The van der Waals surface area contributed by atoms with Gasteiger partial charge in [0, 0.05) is 42.2 Å².